The molecule has 2 rings (SSSR count). The molecule has 4 N–H and O–H groups in total. The summed E-state index contributed by atoms with van der Waals surface area (Å²) in [4.78, 5) is 4.38. The Morgan fingerprint density at radius 1 is 1.20 bits per heavy atom. The Morgan fingerprint density at radius 2 is 1.85 bits per heavy atom. The van der Waals surface area contributed by atoms with Crippen LogP contribution in [0.4, 0.5) is 0 Å². The summed E-state index contributed by atoms with van der Waals surface area (Å²) in [5.74, 6) is 1.32. The Morgan fingerprint density at radius 3 is 2.45 bits per heavy atom. The molecule has 0 aliphatic rings. The molecular formula is C15H21N3O2. The van der Waals surface area contributed by atoms with Crippen LogP contribution in [0.15, 0.2) is 24.4 Å². The number of nitrogens with zero attached hydrogens (tertiary/aromatic N) is 1. The molecule has 108 valence electrons. The van der Waals surface area contributed by atoms with E-state index in [0.29, 0.717) is 24.5 Å². The lowest BCUT2D eigenvalue weighted by atomic mass is 9.87. The highest BCUT2D eigenvalue weighted by atomic mass is 16.5. The van der Waals surface area contributed by atoms with Crippen molar-refractivity contribution in [2.24, 2.45) is 11.5 Å². The lowest BCUT2D eigenvalue weighted by Crippen LogP contribution is -2.35. The van der Waals surface area contributed by atoms with Crippen LogP contribution in [-0.2, 0) is 5.54 Å². The van der Waals surface area contributed by atoms with Crippen LogP contribution in [0.2, 0.25) is 0 Å². The summed E-state index contributed by atoms with van der Waals surface area (Å²) in [6.07, 6.45) is 2.45. The maximum absolute atomic E-state index is 6.40. The van der Waals surface area contributed by atoms with E-state index in [1.165, 1.54) is 0 Å². The number of hydrogen-bond donors (Lipinski definition) is 2. The highest BCUT2D eigenvalue weighted by molar-refractivity contribution is 5.86. The van der Waals surface area contributed by atoms with Crippen molar-refractivity contribution >= 4 is 10.9 Å². The molecule has 20 heavy (non-hydrogen) atoms. The summed E-state index contributed by atoms with van der Waals surface area (Å²) in [7, 11) is 3.22. The Hall–Kier alpha value is -1.85. The molecule has 0 bridgehead atoms. The third-order valence-corrected chi connectivity index (χ3v) is 3.53. The number of benzene rings is 1. The summed E-state index contributed by atoms with van der Waals surface area (Å²) < 4.78 is 10.7. The van der Waals surface area contributed by atoms with Crippen LogP contribution in [0.3, 0.4) is 0 Å². The number of ether oxygens (including phenoxy) is 2. The first kappa shape index (κ1) is 14.6. The van der Waals surface area contributed by atoms with Gasteiger partial charge in [0.2, 0.25) is 0 Å². The quantitative estimate of drug-likeness (QED) is 0.869. The van der Waals surface area contributed by atoms with Crippen LogP contribution in [0.5, 0.6) is 11.5 Å². The van der Waals surface area contributed by atoms with E-state index < -0.39 is 5.54 Å². The minimum absolute atomic E-state index is 0.504. The van der Waals surface area contributed by atoms with Gasteiger partial charge in [0.1, 0.15) is 0 Å². The number of fused-ring (bicyclic) bond motifs is 1. The maximum Gasteiger partial charge on any atom is 0.162 e. The van der Waals surface area contributed by atoms with Crippen LogP contribution in [-0.4, -0.2) is 25.7 Å². The molecule has 0 saturated heterocycles. The van der Waals surface area contributed by atoms with Gasteiger partial charge in [-0.25, -0.2) is 0 Å². The van der Waals surface area contributed by atoms with E-state index in [9.17, 15) is 0 Å². The van der Waals surface area contributed by atoms with E-state index in [-0.39, 0.29) is 0 Å². The Kier molecular flexibility index (Phi) is 4.11. The molecule has 0 spiro atoms. The summed E-state index contributed by atoms with van der Waals surface area (Å²) in [5.41, 5.74) is 13.4. The summed E-state index contributed by atoms with van der Waals surface area (Å²) >= 11 is 0. The molecule has 0 saturated carbocycles. The predicted octanol–water partition coefficient (Wildman–Crippen LogP) is 1.77. The molecular weight excluding hydrogens is 254 g/mol. The molecule has 1 aromatic heterocycles. The van der Waals surface area contributed by atoms with Crippen molar-refractivity contribution in [2.75, 3.05) is 20.8 Å². The predicted molar refractivity (Wildman–Crippen MR) is 80.1 cm³/mol. The molecule has 1 heterocycles. The van der Waals surface area contributed by atoms with Crippen LogP contribution in [0.1, 0.15) is 18.9 Å². The van der Waals surface area contributed by atoms with E-state index in [0.717, 1.165) is 16.5 Å². The fourth-order valence-electron chi connectivity index (χ4n) is 2.41. The molecule has 0 radical (unpaired) electrons. The summed E-state index contributed by atoms with van der Waals surface area (Å²) in [6.45, 7) is 2.51. The molecule has 1 unspecified atom stereocenters. The zero-order valence-corrected chi connectivity index (χ0v) is 12.1. The van der Waals surface area contributed by atoms with E-state index in [2.05, 4.69) is 4.98 Å². The second kappa shape index (κ2) is 5.64. The Bertz CT molecular complexity index is 611. The molecule has 1 atom stereocenters. The first-order valence-corrected chi connectivity index (χ1v) is 6.53. The van der Waals surface area contributed by atoms with Crippen molar-refractivity contribution < 1.29 is 9.47 Å². The fraction of sp³-hybridized carbons (Fsp3) is 0.400. The molecule has 1 aromatic carbocycles. The minimum atomic E-state index is -0.504. The third kappa shape index (κ3) is 2.55. The second-order valence-electron chi connectivity index (χ2n) is 5.04. The van der Waals surface area contributed by atoms with Crippen LogP contribution >= 0.6 is 0 Å². The highest BCUT2D eigenvalue weighted by Gasteiger charge is 2.23. The number of rotatable bonds is 5. The Labute approximate surface area is 118 Å². The van der Waals surface area contributed by atoms with Gasteiger partial charge in [-0.1, -0.05) is 0 Å². The van der Waals surface area contributed by atoms with Crippen molar-refractivity contribution in [1.29, 1.82) is 0 Å². The van der Waals surface area contributed by atoms with E-state index in [1.807, 2.05) is 25.1 Å². The highest BCUT2D eigenvalue weighted by Crippen LogP contribution is 2.35. The van der Waals surface area contributed by atoms with Gasteiger partial charge in [0, 0.05) is 23.2 Å². The zero-order chi connectivity index (χ0) is 14.8. The van der Waals surface area contributed by atoms with Gasteiger partial charge in [-0.2, -0.15) is 0 Å². The van der Waals surface area contributed by atoms with E-state index >= 15 is 0 Å². The average Bonchev–Trinajstić information content (AvgIpc) is 2.44. The van der Waals surface area contributed by atoms with Gasteiger partial charge in [0.05, 0.1) is 19.7 Å². The average molecular weight is 275 g/mol. The molecule has 0 aliphatic carbocycles. The van der Waals surface area contributed by atoms with Crippen molar-refractivity contribution in [1.82, 2.24) is 4.98 Å². The molecule has 5 heteroatoms. The summed E-state index contributed by atoms with van der Waals surface area (Å²) in [5, 5.41) is 0.962. The summed E-state index contributed by atoms with van der Waals surface area (Å²) in [6, 6.07) is 5.71. The van der Waals surface area contributed by atoms with Crippen molar-refractivity contribution in [2.45, 2.75) is 18.9 Å². The SMILES string of the molecule is COc1cc2nccc(C(C)(N)CCN)c2cc1OC. The molecule has 0 aliphatic heterocycles. The number of nitrogens with two attached hydrogens (primary N) is 2. The number of aromatic nitrogens is 1. The number of pyridine rings is 1. The van der Waals surface area contributed by atoms with Gasteiger partial charge < -0.3 is 20.9 Å². The van der Waals surface area contributed by atoms with Crippen molar-refractivity contribution in [3.63, 3.8) is 0 Å². The normalized spacial score (nSPS) is 14.1. The monoisotopic (exact) mass is 275 g/mol. The fourth-order valence-corrected chi connectivity index (χ4v) is 2.41. The molecule has 0 amide bonds. The molecule has 0 fully saturated rings. The Balaban J connectivity index is 2.68. The number of hydrogen-bond acceptors (Lipinski definition) is 5. The topological polar surface area (TPSA) is 83.4 Å². The number of methoxy groups -OCH3 is 2. The van der Waals surface area contributed by atoms with Crippen LogP contribution < -0.4 is 20.9 Å². The van der Waals surface area contributed by atoms with Crippen molar-refractivity contribution in [3.05, 3.63) is 30.0 Å². The van der Waals surface area contributed by atoms with Crippen LogP contribution in [0, 0.1) is 0 Å². The van der Waals surface area contributed by atoms with E-state index in [4.69, 9.17) is 20.9 Å². The third-order valence-electron chi connectivity index (χ3n) is 3.53. The van der Waals surface area contributed by atoms with Crippen molar-refractivity contribution in [3.8, 4) is 11.5 Å². The van der Waals surface area contributed by atoms with Gasteiger partial charge in [0.25, 0.3) is 0 Å². The van der Waals surface area contributed by atoms with E-state index in [1.54, 1.807) is 20.4 Å². The maximum atomic E-state index is 6.40. The van der Waals surface area contributed by atoms with Gasteiger partial charge in [-0.15, -0.1) is 0 Å². The smallest absolute Gasteiger partial charge is 0.162 e. The second-order valence-corrected chi connectivity index (χ2v) is 5.04. The lowest BCUT2D eigenvalue weighted by Gasteiger charge is -2.26. The largest absolute Gasteiger partial charge is 0.493 e. The minimum Gasteiger partial charge on any atom is -0.493 e. The van der Waals surface area contributed by atoms with Gasteiger partial charge in [-0.3, -0.25) is 4.98 Å². The molecule has 5 nitrogen and oxygen atoms in total. The zero-order valence-electron chi connectivity index (χ0n) is 12.1. The van der Waals surface area contributed by atoms with Gasteiger partial charge >= 0.3 is 0 Å². The first-order chi connectivity index (χ1) is 9.53. The van der Waals surface area contributed by atoms with Gasteiger partial charge in [0.15, 0.2) is 11.5 Å². The van der Waals surface area contributed by atoms with Gasteiger partial charge in [-0.05, 0) is 37.6 Å². The molecule has 2 aromatic rings. The lowest BCUT2D eigenvalue weighted by molar-refractivity contribution is 0.355. The van der Waals surface area contributed by atoms with Crippen LogP contribution in [0.25, 0.3) is 10.9 Å². The first-order valence-electron chi connectivity index (χ1n) is 6.53. The standard InChI is InChI=1S/C15H21N3O2/c1-15(17,5-6-16)11-4-7-18-12-9-14(20-3)13(19-2)8-10(11)12/h4,7-9H,5-6,16-17H2,1-3H3.